The van der Waals surface area contributed by atoms with Gasteiger partial charge < -0.3 is 20.3 Å². The smallest absolute Gasteiger partial charge is 0.408 e. The summed E-state index contributed by atoms with van der Waals surface area (Å²) in [5.41, 5.74) is -0.132. The number of carbonyl (C=O) groups is 2. The molecule has 1 rings (SSSR count). The molecule has 0 fully saturated rings. The van der Waals surface area contributed by atoms with Gasteiger partial charge in [-0.15, -0.1) is 0 Å². The molecular weight excluding hydrogens is 322 g/mol. The molecule has 0 saturated carbocycles. The van der Waals surface area contributed by atoms with Crippen molar-refractivity contribution in [2.45, 2.75) is 38.2 Å². The Labute approximate surface area is 137 Å². The molecule has 0 aliphatic rings. The first kappa shape index (κ1) is 19.0. The first-order valence-corrected chi connectivity index (χ1v) is 8.56. The third kappa shape index (κ3) is 6.27. The minimum absolute atomic E-state index is 0.156. The van der Waals surface area contributed by atoms with Crippen molar-refractivity contribution < 1.29 is 28.7 Å². The van der Waals surface area contributed by atoms with Gasteiger partial charge in [-0.05, 0) is 32.4 Å². The molecule has 0 aliphatic heterocycles. The van der Waals surface area contributed by atoms with Crippen molar-refractivity contribution >= 4 is 22.9 Å². The van der Waals surface area contributed by atoms with Crippen LogP contribution < -0.4 is 5.32 Å². The molecule has 0 heterocycles. The molecule has 0 bridgehead atoms. The van der Waals surface area contributed by atoms with Crippen LogP contribution >= 0.6 is 0 Å². The van der Waals surface area contributed by atoms with Gasteiger partial charge in [0.2, 0.25) is 0 Å². The van der Waals surface area contributed by atoms with E-state index in [1.807, 2.05) is 0 Å². The lowest BCUT2D eigenvalue weighted by Gasteiger charge is -2.22. The average Bonchev–Trinajstić information content (AvgIpc) is 2.35. The lowest BCUT2D eigenvalue weighted by Crippen LogP contribution is -2.38. The fraction of sp³-hybridized carbons (Fsp3) is 0.467. The van der Waals surface area contributed by atoms with Crippen LogP contribution in [0.25, 0.3) is 0 Å². The Kier molecular flexibility index (Phi) is 6.14. The Balaban J connectivity index is 2.98. The summed E-state index contributed by atoms with van der Waals surface area (Å²) in [5, 5.41) is 21.4. The summed E-state index contributed by atoms with van der Waals surface area (Å²) in [5.74, 6) is -1.30. The van der Waals surface area contributed by atoms with E-state index in [4.69, 9.17) is 4.74 Å². The van der Waals surface area contributed by atoms with Crippen LogP contribution in [0.1, 0.15) is 37.9 Å². The summed E-state index contributed by atoms with van der Waals surface area (Å²) in [6.07, 6.45) is 0.625. The monoisotopic (exact) mass is 343 g/mol. The lowest BCUT2D eigenvalue weighted by atomic mass is 10.0. The van der Waals surface area contributed by atoms with Crippen molar-refractivity contribution in [3.05, 3.63) is 29.3 Å². The van der Waals surface area contributed by atoms with Crippen LogP contribution in [-0.4, -0.2) is 38.3 Å². The molecule has 0 saturated heterocycles. The number of hydrogen-bond acceptors (Lipinski definition) is 5. The molecular formula is C15H21NO6S. The predicted molar refractivity (Wildman–Crippen MR) is 85.6 cm³/mol. The van der Waals surface area contributed by atoms with Crippen molar-refractivity contribution in [1.82, 2.24) is 5.32 Å². The number of rotatable bonds is 5. The summed E-state index contributed by atoms with van der Waals surface area (Å²) in [7, 11) is -1.14. The third-order valence-electron chi connectivity index (χ3n) is 2.71. The van der Waals surface area contributed by atoms with Crippen molar-refractivity contribution in [2.24, 2.45) is 0 Å². The maximum absolute atomic E-state index is 11.7. The SMILES string of the molecule is CS(=O)Cc1ccc(C(NC(=O)OC(C)(C)C)C(=O)O)cc1O. The molecule has 1 amide bonds. The molecule has 128 valence electrons. The standard InChI is InChI=1S/C15H21NO6S/c1-15(2,3)22-14(20)16-12(13(18)19)9-5-6-10(8-23(4)21)11(17)7-9/h5-7,12,17H,8H2,1-4H3,(H,16,20)(H,18,19). The first-order chi connectivity index (χ1) is 10.5. The Bertz CT molecular complexity index is 623. The number of ether oxygens (including phenoxy) is 1. The fourth-order valence-electron chi connectivity index (χ4n) is 1.81. The largest absolute Gasteiger partial charge is 0.508 e. The summed E-state index contributed by atoms with van der Waals surface area (Å²) in [6.45, 7) is 4.98. The Morgan fingerprint density at radius 2 is 1.96 bits per heavy atom. The maximum atomic E-state index is 11.7. The van der Waals surface area contributed by atoms with Crippen LogP contribution in [0.5, 0.6) is 5.75 Å². The second kappa shape index (κ2) is 7.45. The summed E-state index contributed by atoms with van der Waals surface area (Å²) in [4.78, 5) is 23.1. The minimum atomic E-state index is -1.36. The van der Waals surface area contributed by atoms with Crippen molar-refractivity contribution in [2.75, 3.05) is 6.26 Å². The van der Waals surface area contributed by atoms with E-state index in [9.17, 15) is 24.0 Å². The minimum Gasteiger partial charge on any atom is -0.508 e. The number of phenols is 1. The molecule has 8 heteroatoms. The topological polar surface area (TPSA) is 113 Å². The van der Waals surface area contributed by atoms with Crippen molar-refractivity contribution in [3.8, 4) is 5.75 Å². The van der Waals surface area contributed by atoms with Gasteiger partial charge in [-0.1, -0.05) is 12.1 Å². The third-order valence-corrected chi connectivity index (χ3v) is 3.43. The molecule has 1 aromatic rings. The molecule has 0 radical (unpaired) electrons. The number of nitrogens with one attached hydrogen (secondary N) is 1. The van der Waals surface area contributed by atoms with Gasteiger partial charge in [0.1, 0.15) is 11.4 Å². The van der Waals surface area contributed by atoms with Crippen LogP contribution in [0.2, 0.25) is 0 Å². The average molecular weight is 343 g/mol. The number of carbonyl (C=O) groups excluding carboxylic acids is 1. The summed E-state index contributed by atoms with van der Waals surface area (Å²) in [6, 6.07) is 2.81. The van der Waals surface area contributed by atoms with Crippen LogP contribution in [0.3, 0.4) is 0 Å². The van der Waals surface area contributed by atoms with E-state index < -0.39 is 34.5 Å². The van der Waals surface area contributed by atoms with Crippen LogP contribution in [0, 0.1) is 0 Å². The highest BCUT2D eigenvalue weighted by Crippen LogP contribution is 2.24. The predicted octanol–water partition coefficient (Wildman–Crippen LogP) is 1.92. The van der Waals surface area contributed by atoms with Crippen molar-refractivity contribution in [1.29, 1.82) is 0 Å². The van der Waals surface area contributed by atoms with Gasteiger partial charge >= 0.3 is 12.1 Å². The van der Waals surface area contributed by atoms with Gasteiger partial charge in [-0.2, -0.15) is 0 Å². The first-order valence-electron chi connectivity index (χ1n) is 6.83. The van der Waals surface area contributed by atoms with E-state index in [0.717, 1.165) is 0 Å². The lowest BCUT2D eigenvalue weighted by molar-refractivity contribution is -0.139. The quantitative estimate of drug-likeness (QED) is 0.753. The van der Waals surface area contributed by atoms with Gasteiger partial charge in [0.05, 0.1) is 5.75 Å². The second-order valence-electron chi connectivity index (χ2n) is 6.02. The van der Waals surface area contributed by atoms with Crippen LogP contribution in [0.15, 0.2) is 18.2 Å². The van der Waals surface area contributed by atoms with E-state index in [2.05, 4.69) is 5.32 Å². The number of aliphatic carboxylic acids is 1. The molecule has 1 aromatic carbocycles. The van der Waals surface area contributed by atoms with Gasteiger partial charge in [-0.3, -0.25) is 4.21 Å². The van der Waals surface area contributed by atoms with E-state index in [-0.39, 0.29) is 17.1 Å². The highest BCUT2D eigenvalue weighted by Gasteiger charge is 2.26. The number of carboxylic acids is 1. The number of alkyl carbamates (subject to hydrolysis) is 1. The van der Waals surface area contributed by atoms with E-state index in [1.54, 1.807) is 20.8 Å². The maximum Gasteiger partial charge on any atom is 0.408 e. The van der Waals surface area contributed by atoms with Gasteiger partial charge in [0.15, 0.2) is 6.04 Å². The zero-order valence-corrected chi connectivity index (χ0v) is 14.3. The van der Waals surface area contributed by atoms with Gasteiger partial charge in [0.25, 0.3) is 0 Å². The number of hydrogen-bond donors (Lipinski definition) is 3. The van der Waals surface area contributed by atoms with E-state index in [0.29, 0.717) is 5.56 Å². The normalized spacial score (nSPS) is 13.9. The van der Waals surface area contributed by atoms with E-state index in [1.165, 1.54) is 24.5 Å². The Morgan fingerprint density at radius 1 is 1.35 bits per heavy atom. The molecule has 23 heavy (non-hydrogen) atoms. The Morgan fingerprint density at radius 3 is 2.39 bits per heavy atom. The molecule has 0 aromatic heterocycles. The number of carboxylic acid groups (broad SMARTS) is 1. The van der Waals surface area contributed by atoms with Crippen LogP contribution in [0.4, 0.5) is 4.79 Å². The Hall–Kier alpha value is -2.09. The number of amides is 1. The molecule has 3 N–H and O–H groups in total. The second-order valence-corrected chi connectivity index (χ2v) is 7.46. The highest BCUT2D eigenvalue weighted by molar-refractivity contribution is 7.83. The van der Waals surface area contributed by atoms with E-state index >= 15 is 0 Å². The van der Waals surface area contributed by atoms with Gasteiger partial charge in [0, 0.05) is 22.6 Å². The number of benzene rings is 1. The molecule has 2 unspecified atom stereocenters. The summed E-state index contributed by atoms with van der Waals surface area (Å²) >= 11 is 0. The van der Waals surface area contributed by atoms with Gasteiger partial charge in [-0.25, -0.2) is 9.59 Å². The van der Waals surface area contributed by atoms with Crippen molar-refractivity contribution in [3.63, 3.8) is 0 Å². The number of aromatic hydroxyl groups is 1. The molecule has 0 aliphatic carbocycles. The molecule has 7 nitrogen and oxygen atoms in total. The van der Waals surface area contributed by atoms with Crippen LogP contribution in [-0.2, 0) is 26.1 Å². The highest BCUT2D eigenvalue weighted by atomic mass is 32.2. The summed E-state index contributed by atoms with van der Waals surface area (Å²) < 4.78 is 16.2. The fourth-order valence-corrected chi connectivity index (χ4v) is 2.50. The zero-order chi connectivity index (χ0) is 17.8. The zero-order valence-electron chi connectivity index (χ0n) is 13.5. The molecule has 2 atom stereocenters. The number of phenolic OH excluding ortho intramolecular Hbond substituents is 1. The molecule has 0 spiro atoms.